The number of fused-ring (bicyclic) bond motifs is 1. The molecule has 9 heteroatoms. The molecule has 0 radical (unpaired) electrons. The normalized spacial score (nSPS) is 22.1. The fraction of sp³-hybridized carbons (Fsp3) is 0.450. The van der Waals surface area contributed by atoms with Gasteiger partial charge in [0, 0.05) is 18.8 Å². The van der Waals surface area contributed by atoms with Gasteiger partial charge in [-0.2, -0.15) is 0 Å². The molecule has 2 aromatic rings. The Labute approximate surface area is 167 Å². The molecule has 0 aliphatic carbocycles. The lowest BCUT2D eigenvalue weighted by atomic mass is 10.3. The number of esters is 1. The number of methoxy groups -OCH3 is 1. The highest BCUT2D eigenvalue weighted by molar-refractivity contribution is 5.87. The second-order valence-corrected chi connectivity index (χ2v) is 7.03. The molecule has 0 spiro atoms. The molecule has 0 unspecified atom stereocenters. The Hall–Kier alpha value is -2.78. The Kier molecular flexibility index (Phi) is 5.59. The minimum Gasteiger partial charge on any atom is -0.486 e. The van der Waals surface area contributed by atoms with Crippen LogP contribution in [0.2, 0.25) is 0 Å². The molecule has 3 heterocycles. The average Bonchev–Trinajstić information content (AvgIpc) is 3.04. The summed E-state index contributed by atoms with van der Waals surface area (Å²) in [4.78, 5) is 22.5. The zero-order valence-electron chi connectivity index (χ0n) is 16.2. The van der Waals surface area contributed by atoms with Crippen LogP contribution in [0.4, 0.5) is 10.3 Å². The van der Waals surface area contributed by atoms with Crippen molar-refractivity contribution in [2.24, 2.45) is 0 Å². The molecule has 0 amide bonds. The second kappa shape index (κ2) is 8.30. The molecule has 154 valence electrons. The molecule has 8 nitrogen and oxygen atoms in total. The fourth-order valence-corrected chi connectivity index (χ4v) is 3.41. The highest BCUT2D eigenvalue weighted by atomic mass is 19.1. The monoisotopic (exact) mass is 403 g/mol. The van der Waals surface area contributed by atoms with Crippen molar-refractivity contribution >= 4 is 11.9 Å². The summed E-state index contributed by atoms with van der Waals surface area (Å²) in [6.07, 6.45) is -0.606. The lowest BCUT2D eigenvalue weighted by Gasteiger charge is -2.20. The number of carbonyl (C=O) groups excluding carboxylic acids is 1. The molecule has 2 aliphatic rings. The van der Waals surface area contributed by atoms with Crippen LogP contribution in [0.1, 0.15) is 16.2 Å². The molecule has 1 aromatic heterocycles. The highest BCUT2D eigenvalue weighted by Crippen LogP contribution is 2.25. The van der Waals surface area contributed by atoms with Gasteiger partial charge in [0.05, 0.1) is 20.3 Å². The van der Waals surface area contributed by atoms with E-state index in [1.165, 1.54) is 19.2 Å². The van der Waals surface area contributed by atoms with Gasteiger partial charge in [-0.15, -0.1) is 0 Å². The number of anilines is 1. The van der Waals surface area contributed by atoms with Crippen LogP contribution in [0.25, 0.3) is 0 Å². The highest BCUT2D eigenvalue weighted by Gasteiger charge is 2.39. The van der Waals surface area contributed by atoms with Crippen LogP contribution >= 0.6 is 0 Å². The topological polar surface area (TPSA) is 83.0 Å². The molecule has 2 fully saturated rings. The number of benzene rings is 1. The van der Waals surface area contributed by atoms with Gasteiger partial charge in [-0.25, -0.2) is 19.2 Å². The summed E-state index contributed by atoms with van der Waals surface area (Å²) in [5.41, 5.74) is 0.897. The molecule has 0 bridgehead atoms. The summed E-state index contributed by atoms with van der Waals surface area (Å²) in [6.45, 7) is 3.59. The van der Waals surface area contributed by atoms with Crippen LogP contribution in [-0.2, 0) is 14.2 Å². The SMILES string of the molecule is COC(=O)c1cc(C)nc(N2C[C@@H]3OCC(Oc4ccc(F)cc4)CO[C@H]3C2)n1. The number of carbonyl (C=O) groups is 1. The molecule has 0 saturated carbocycles. The Morgan fingerprint density at radius 2 is 1.79 bits per heavy atom. The number of hydrogen-bond acceptors (Lipinski definition) is 8. The van der Waals surface area contributed by atoms with Gasteiger partial charge in [0.1, 0.15) is 29.9 Å². The third-order valence-electron chi connectivity index (χ3n) is 4.84. The molecule has 0 N–H and O–H groups in total. The van der Waals surface area contributed by atoms with Gasteiger partial charge >= 0.3 is 5.97 Å². The van der Waals surface area contributed by atoms with Crippen LogP contribution in [-0.4, -0.2) is 67.7 Å². The molecule has 4 rings (SSSR count). The van der Waals surface area contributed by atoms with Crippen LogP contribution in [0.5, 0.6) is 5.75 Å². The summed E-state index contributed by atoms with van der Waals surface area (Å²) < 4.78 is 35.6. The van der Waals surface area contributed by atoms with Crippen molar-refractivity contribution in [1.82, 2.24) is 9.97 Å². The van der Waals surface area contributed by atoms with E-state index in [2.05, 4.69) is 9.97 Å². The van der Waals surface area contributed by atoms with Crippen molar-refractivity contribution in [3.8, 4) is 5.75 Å². The van der Waals surface area contributed by atoms with E-state index in [4.69, 9.17) is 18.9 Å². The summed E-state index contributed by atoms with van der Waals surface area (Å²) in [5, 5.41) is 0. The number of nitrogens with zero attached hydrogens (tertiary/aromatic N) is 3. The van der Waals surface area contributed by atoms with Gasteiger partial charge in [-0.1, -0.05) is 0 Å². The Balaban J connectivity index is 1.39. The quantitative estimate of drug-likeness (QED) is 0.715. The maximum Gasteiger partial charge on any atom is 0.356 e. The second-order valence-electron chi connectivity index (χ2n) is 7.03. The predicted molar refractivity (Wildman–Crippen MR) is 101 cm³/mol. The van der Waals surface area contributed by atoms with Crippen LogP contribution < -0.4 is 9.64 Å². The van der Waals surface area contributed by atoms with Crippen molar-refractivity contribution < 1.29 is 28.1 Å². The van der Waals surface area contributed by atoms with E-state index >= 15 is 0 Å². The zero-order chi connectivity index (χ0) is 20.4. The van der Waals surface area contributed by atoms with Gasteiger partial charge < -0.3 is 23.8 Å². The van der Waals surface area contributed by atoms with Crippen molar-refractivity contribution in [1.29, 1.82) is 0 Å². The average molecular weight is 403 g/mol. The molecular formula is C20H22FN3O5. The summed E-state index contributed by atoms with van der Waals surface area (Å²) in [7, 11) is 1.32. The van der Waals surface area contributed by atoms with Crippen molar-refractivity contribution in [2.75, 3.05) is 38.3 Å². The largest absolute Gasteiger partial charge is 0.486 e. The van der Waals surface area contributed by atoms with Gasteiger partial charge in [-0.05, 0) is 37.3 Å². The third-order valence-corrected chi connectivity index (χ3v) is 4.84. The predicted octanol–water partition coefficient (Wildman–Crippen LogP) is 1.76. The summed E-state index contributed by atoms with van der Waals surface area (Å²) in [5.74, 6) is 0.207. The minimum absolute atomic E-state index is 0.164. The van der Waals surface area contributed by atoms with Gasteiger partial charge in [0.2, 0.25) is 5.95 Å². The molecular weight excluding hydrogens is 381 g/mol. The number of ether oxygens (including phenoxy) is 4. The lowest BCUT2D eigenvalue weighted by molar-refractivity contribution is -0.00461. The maximum atomic E-state index is 13.0. The van der Waals surface area contributed by atoms with Crippen molar-refractivity contribution in [2.45, 2.75) is 25.2 Å². The van der Waals surface area contributed by atoms with Crippen LogP contribution in [0.3, 0.4) is 0 Å². The Bertz CT molecular complexity index is 863. The van der Waals surface area contributed by atoms with E-state index in [1.807, 2.05) is 4.90 Å². The van der Waals surface area contributed by atoms with Gasteiger partial charge in [0.25, 0.3) is 0 Å². The standard InChI is InChI=1S/C20H22FN3O5/c1-12-7-16(19(25)26-2)23-20(22-12)24-8-17-18(9-24)28-11-15(10-27-17)29-14-5-3-13(21)4-6-14/h3-7,15,17-18H,8-11H2,1-2H3/t17-,18-/m0/s1. The number of hydrogen-bond donors (Lipinski definition) is 0. The van der Waals surface area contributed by atoms with Gasteiger partial charge in [0.15, 0.2) is 5.69 Å². The van der Waals surface area contributed by atoms with Crippen molar-refractivity contribution in [3.63, 3.8) is 0 Å². The Morgan fingerprint density at radius 3 is 2.41 bits per heavy atom. The Morgan fingerprint density at radius 1 is 1.14 bits per heavy atom. The summed E-state index contributed by atoms with van der Waals surface area (Å²) >= 11 is 0. The maximum absolute atomic E-state index is 13.0. The molecule has 2 saturated heterocycles. The van der Waals surface area contributed by atoms with E-state index < -0.39 is 5.97 Å². The lowest BCUT2D eigenvalue weighted by Crippen LogP contribution is -2.30. The summed E-state index contributed by atoms with van der Waals surface area (Å²) in [6, 6.07) is 7.46. The first kappa shape index (κ1) is 19.5. The van der Waals surface area contributed by atoms with Crippen LogP contribution in [0, 0.1) is 12.7 Å². The van der Waals surface area contributed by atoms with E-state index in [0.717, 1.165) is 0 Å². The smallest absolute Gasteiger partial charge is 0.356 e. The van der Waals surface area contributed by atoms with Crippen LogP contribution in [0.15, 0.2) is 30.3 Å². The molecule has 2 atom stereocenters. The molecule has 29 heavy (non-hydrogen) atoms. The first-order chi connectivity index (χ1) is 14.0. The first-order valence-electron chi connectivity index (χ1n) is 9.36. The first-order valence-corrected chi connectivity index (χ1v) is 9.36. The molecule has 2 aliphatic heterocycles. The van der Waals surface area contributed by atoms with Gasteiger partial charge in [-0.3, -0.25) is 0 Å². The van der Waals surface area contributed by atoms with E-state index in [1.54, 1.807) is 25.1 Å². The third kappa shape index (κ3) is 4.46. The number of aromatic nitrogens is 2. The van der Waals surface area contributed by atoms with E-state index in [-0.39, 0.29) is 29.8 Å². The van der Waals surface area contributed by atoms with E-state index in [0.29, 0.717) is 43.7 Å². The zero-order valence-corrected chi connectivity index (χ0v) is 16.2. The van der Waals surface area contributed by atoms with E-state index in [9.17, 15) is 9.18 Å². The number of aryl methyl sites for hydroxylation is 1. The number of rotatable bonds is 4. The number of halogens is 1. The minimum atomic E-state index is -0.501. The fourth-order valence-electron chi connectivity index (χ4n) is 3.41. The van der Waals surface area contributed by atoms with Crippen molar-refractivity contribution in [3.05, 3.63) is 47.5 Å². The molecule has 1 aromatic carbocycles.